The van der Waals surface area contributed by atoms with Crippen molar-refractivity contribution in [2.75, 3.05) is 0 Å². The molecule has 1 aliphatic carbocycles. The molecule has 1 N–H and O–H groups in total. The highest BCUT2D eigenvalue weighted by atomic mass is 16.2. The summed E-state index contributed by atoms with van der Waals surface area (Å²) in [5, 5.41) is 3.64. The summed E-state index contributed by atoms with van der Waals surface area (Å²) in [6.45, 7) is 13.4. The largest absolute Gasteiger partial charge is 0.323 e. The average Bonchev–Trinajstić information content (AvgIpc) is 2.62. The Morgan fingerprint density at radius 2 is 1.81 bits per heavy atom. The maximum atomic E-state index is 13.0. The van der Waals surface area contributed by atoms with Crippen LogP contribution >= 0.6 is 0 Å². The van der Waals surface area contributed by atoms with E-state index in [0.717, 1.165) is 25.7 Å². The van der Waals surface area contributed by atoms with Gasteiger partial charge in [-0.2, -0.15) is 0 Å². The SMILES string of the molecule is CCC1(C)NC(CC(C)C)N(C2CCC(C)(C)CC2)C1=O. The summed E-state index contributed by atoms with van der Waals surface area (Å²) in [7, 11) is 0. The van der Waals surface area contributed by atoms with E-state index in [0.29, 0.717) is 23.3 Å². The zero-order chi connectivity index (χ0) is 15.8. The molecule has 1 saturated carbocycles. The summed E-state index contributed by atoms with van der Waals surface area (Å²) >= 11 is 0. The summed E-state index contributed by atoms with van der Waals surface area (Å²) in [5.74, 6) is 0.942. The fourth-order valence-corrected chi connectivity index (χ4v) is 3.88. The molecular weight excluding hydrogens is 260 g/mol. The van der Waals surface area contributed by atoms with Crippen molar-refractivity contribution >= 4 is 5.91 Å². The lowest BCUT2D eigenvalue weighted by atomic mass is 9.75. The van der Waals surface area contributed by atoms with Gasteiger partial charge in [0.15, 0.2) is 0 Å². The molecule has 1 amide bonds. The molecule has 0 aromatic rings. The third kappa shape index (κ3) is 3.44. The average molecular weight is 294 g/mol. The molecule has 1 aliphatic heterocycles. The summed E-state index contributed by atoms with van der Waals surface area (Å²) in [6, 6.07) is 0.440. The minimum atomic E-state index is -0.355. The van der Waals surface area contributed by atoms with Gasteiger partial charge in [-0.3, -0.25) is 10.1 Å². The fourth-order valence-electron chi connectivity index (χ4n) is 3.88. The van der Waals surface area contributed by atoms with Gasteiger partial charge in [0.25, 0.3) is 0 Å². The van der Waals surface area contributed by atoms with Crippen molar-refractivity contribution in [3.05, 3.63) is 0 Å². The Hall–Kier alpha value is -0.570. The molecule has 2 aliphatic rings. The number of nitrogens with one attached hydrogen (secondary N) is 1. The molecule has 122 valence electrons. The van der Waals surface area contributed by atoms with Crippen LogP contribution in [-0.2, 0) is 4.79 Å². The van der Waals surface area contributed by atoms with Crippen molar-refractivity contribution in [2.24, 2.45) is 11.3 Å². The van der Waals surface area contributed by atoms with E-state index in [1.807, 2.05) is 0 Å². The van der Waals surface area contributed by atoms with Gasteiger partial charge >= 0.3 is 0 Å². The first-order chi connectivity index (χ1) is 9.68. The normalized spacial score (nSPS) is 34.0. The number of amides is 1. The van der Waals surface area contributed by atoms with Gasteiger partial charge in [-0.05, 0) is 56.8 Å². The van der Waals surface area contributed by atoms with Crippen molar-refractivity contribution < 1.29 is 4.79 Å². The molecule has 0 spiro atoms. The van der Waals surface area contributed by atoms with Gasteiger partial charge in [0.2, 0.25) is 5.91 Å². The fraction of sp³-hybridized carbons (Fsp3) is 0.944. The van der Waals surface area contributed by atoms with Crippen LogP contribution in [0, 0.1) is 11.3 Å². The van der Waals surface area contributed by atoms with Crippen molar-refractivity contribution in [3.63, 3.8) is 0 Å². The van der Waals surface area contributed by atoms with Crippen LogP contribution in [0.2, 0.25) is 0 Å². The van der Waals surface area contributed by atoms with Crippen LogP contribution in [0.5, 0.6) is 0 Å². The molecule has 0 aromatic heterocycles. The van der Waals surface area contributed by atoms with Gasteiger partial charge < -0.3 is 4.90 Å². The third-order valence-electron chi connectivity index (χ3n) is 5.63. The van der Waals surface area contributed by atoms with E-state index in [2.05, 4.69) is 51.8 Å². The maximum absolute atomic E-state index is 13.0. The summed E-state index contributed by atoms with van der Waals surface area (Å²) < 4.78 is 0. The number of nitrogens with zero attached hydrogens (tertiary/aromatic N) is 1. The highest BCUT2D eigenvalue weighted by Crippen LogP contribution is 2.40. The van der Waals surface area contributed by atoms with Crippen molar-refractivity contribution in [2.45, 2.75) is 97.8 Å². The van der Waals surface area contributed by atoms with E-state index in [-0.39, 0.29) is 11.7 Å². The quantitative estimate of drug-likeness (QED) is 0.852. The Kier molecular flexibility index (Phi) is 4.72. The molecule has 3 heteroatoms. The zero-order valence-electron chi connectivity index (χ0n) is 14.8. The highest BCUT2D eigenvalue weighted by Gasteiger charge is 2.49. The zero-order valence-corrected chi connectivity index (χ0v) is 14.8. The van der Waals surface area contributed by atoms with Gasteiger partial charge in [-0.25, -0.2) is 0 Å². The predicted molar refractivity (Wildman–Crippen MR) is 88.0 cm³/mol. The lowest BCUT2D eigenvalue weighted by molar-refractivity contribution is -0.136. The first-order valence-electron chi connectivity index (χ1n) is 8.79. The van der Waals surface area contributed by atoms with E-state index in [9.17, 15) is 4.79 Å². The van der Waals surface area contributed by atoms with Crippen LogP contribution in [-0.4, -0.2) is 28.6 Å². The highest BCUT2D eigenvalue weighted by molar-refractivity contribution is 5.88. The van der Waals surface area contributed by atoms with Crippen molar-refractivity contribution in [1.29, 1.82) is 0 Å². The van der Waals surface area contributed by atoms with E-state index in [1.54, 1.807) is 0 Å². The third-order valence-corrected chi connectivity index (χ3v) is 5.63. The Bertz CT molecular complexity index is 381. The molecule has 2 fully saturated rings. The second-order valence-corrected chi connectivity index (χ2v) is 8.58. The Morgan fingerprint density at radius 3 is 2.29 bits per heavy atom. The second-order valence-electron chi connectivity index (χ2n) is 8.58. The van der Waals surface area contributed by atoms with Crippen LogP contribution in [0.1, 0.15) is 80.1 Å². The standard InChI is InChI=1S/C18H34N2O/c1-7-18(6)16(21)20(15(19-18)12-13(2)3)14-8-10-17(4,5)11-9-14/h13-15,19H,7-12H2,1-6H3. The Labute approximate surface area is 130 Å². The number of hydrogen-bond donors (Lipinski definition) is 1. The van der Waals surface area contributed by atoms with E-state index in [4.69, 9.17) is 0 Å². The molecule has 1 saturated heterocycles. The van der Waals surface area contributed by atoms with Crippen LogP contribution in [0.25, 0.3) is 0 Å². The summed E-state index contributed by atoms with van der Waals surface area (Å²) in [6.07, 6.45) is 6.95. The number of rotatable bonds is 4. The van der Waals surface area contributed by atoms with E-state index >= 15 is 0 Å². The lowest BCUT2D eigenvalue weighted by Gasteiger charge is -2.41. The molecule has 0 radical (unpaired) electrons. The lowest BCUT2D eigenvalue weighted by Crippen LogP contribution is -2.47. The van der Waals surface area contributed by atoms with Crippen molar-refractivity contribution in [3.8, 4) is 0 Å². The van der Waals surface area contributed by atoms with Gasteiger partial charge in [0.1, 0.15) is 0 Å². The Morgan fingerprint density at radius 1 is 1.24 bits per heavy atom. The molecule has 2 atom stereocenters. The molecule has 0 aromatic carbocycles. The Balaban J connectivity index is 2.15. The molecule has 1 heterocycles. The molecule has 0 bridgehead atoms. The topological polar surface area (TPSA) is 32.3 Å². The predicted octanol–water partition coefficient (Wildman–Crippen LogP) is 3.93. The van der Waals surface area contributed by atoms with Crippen LogP contribution in [0.3, 0.4) is 0 Å². The monoisotopic (exact) mass is 294 g/mol. The van der Waals surface area contributed by atoms with Crippen LogP contribution in [0.4, 0.5) is 0 Å². The summed E-state index contributed by atoms with van der Waals surface area (Å²) in [4.78, 5) is 15.2. The van der Waals surface area contributed by atoms with Crippen LogP contribution in [0.15, 0.2) is 0 Å². The van der Waals surface area contributed by atoms with E-state index in [1.165, 1.54) is 12.8 Å². The minimum absolute atomic E-state index is 0.230. The minimum Gasteiger partial charge on any atom is -0.323 e. The summed E-state index contributed by atoms with van der Waals surface area (Å²) in [5.41, 5.74) is 0.0980. The molecular formula is C18H34N2O. The molecule has 2 unspecified atom stereocenters. The number of hydrogen-bond acceptors (Lipinski definition) is 2. The first kappa shape index (κ1) is 16.8. The first-order valence-corrected chi connectivity index (χ1v) is 8.79. The van der Waals surface area contributed by atoms with Gasteiger partial charge in [-0.1, -0.05) is 34.6 Å². The molecule has 3 nitrogen and oxygen atoms in total. The number of carbonyl (C=O) groups excluding carboxylic acids is 1. The van der Waals surface area contributed by atoms with Crippen molar-refractivity contribution in [1.82, 2.24) is 10.2 Å². The molecule has 2 rings (SSSR count). The van der Waals surface area contributed by atoms with Gasteiger partial charge in [-0.15, -0.1) is 0 Å². The van der Waals surface area contributed by atoms with E-state index < -0.39 is 0 Å². The second kappa shape index (κ2) is 5.91. The smallest absolute Gasteiger partial charge is 0.244 e. The number of carbonyl (C=O) groups is 1. The maximum Gasteiger partial charge on any atom is 0.244 e. The van der Waals surface area contributed by atoms with Crippen LogP contribution < -0.4 is 5.32 Å². The van der Waals surface area contributed by atoms with Gasteiger partial charge in [0, 0.05) is 6.04 Å². The molecule has 21 heavy (non-hydrogen) atoms. The van der Waals surface area contributed by atoms with Gasteiger partial charge in [0.05, 0.1) is 11.7 Å².